The predicted molar refractivity (Wildman–Crippen MR) is 127 cm³/mol. The zero-order chi connectivity index (χ0) is 23.4. The number of allylic oxidation sites excluding steroid dienone is 2. The lowest BCUT2D eigenvalue weighted by Crippen LogP contribution is -2.39. The molecule has 4 nitrogen and oxygen atoms in total. The van der Waals surface area contributed by atoms with Gasteiger partial charge in [-0.1, -0.05) is 18.7 Å². The molecule has 2 aromatic rings. The van der Waals surface area contributed by atoms with Gasteiger partial charge in [-0.25, -0.2) is 8.78 Å². The highest BCUT2D eigenvalue weighted by atomic mass is 19.2. The maximum absolute atomic E-state index is 14.2. The highest BCUT2D eigenvalue weighted by Crippen LogP contribution is 2.23. The highest BCUT2D eigenvalue weighted by Gasteiger charge is 2.21. The fourth-order valence-corrected chi connectivity index (χ4v) is 3.37. The lowest BCUT2D eigenvalue weighted by atomic mass is 9.92. The molecule has 0 unspecified atom stereocenters. The minimum Gasteiger partial charge on any atom is -0.355 e. The molecule has 0 bridgehead atoms. The molecule has 1 amide bonds. The molecule has 0 spiro atoms. The normalized spacial score (nSPS) is 14.7. The Hall–Kier alpha value is -3.28. The maximum atomic E-state index is 14.2. The molecule has 1 fully saturated rings. The first-order chi connectivity index (χ1) is 15.2. The topological polar surface area (TPSA) is 53.5 Å². The van der Waals surface area contributed by atoms with Crippen molar-refractivity contribution >= 4 is 22.9 Å². The van der Waals surface area contributed by atoms with E-state index in [1.54, 1.807) is 32.0 Å². The fourth-order valence-electron chi connectivity index (χ4n) is 3.37. The Morgan fingerprint density at radius 1 is 1.06 bits per heavy atom. The number of amides is 1. The first-order valence-electron chi connectivity index (χ1n) is 10.7. The highest BCUT2D eigenvalue weighted by molar-refractivity contribution is 6.01. The van der Waals surface area contributed by atoms with Crippen LogP contribution in [0.2, 0.25) is 0 Å². The lowest BCUT2D eigenvalue weighted by molar-refractivity contribution is 0.0916. The largest absolute Gasteiger partial charge is 0.355 e. The van der Waals surface area contributed by atoms with Crippen LogP contribution in [0, 0.1) is 25.5 Å². The van der Waals surface area contributed by atoms with Gasteiger partial charge in [-0.2, -0.15) is 0 Å². The first kappa shape index (κ1) is 23.4. The molecule has 168 valence electrons. The zero-order valence-electron chi connectivity index (χ0n) is 19.0. The van der Waals surface area contributed by atoms with Gasteiger partial charge in [0.1, 0.15) is 0 Å². The van der Waals surface area contributed by atoms with E-state index >= 15 is 0 Å². The number of hydrogen-bond acceptors (Lipinski definition) is 3. The van der Waals surface area contributed by atoms with Gasteiger partial charge in [0, 0.05) is 29.1 Å². The van der Waals surface area contributed by atoms with E-state index < -0.39 is 11.6 Å². The van der Waals surface area contributed by atoms with Crippen molar-refractivity contribution in [1.29, 1.82) is 0 Å². The smallest absolute Gasteiger partial charge is 0.251 e. The zero-order valence-corrected chi connectivity index (χ0v) is 19.0. The number of carbonyl (C=O) groups excluding carboxylic acids is 1. The number of carbonyl (C=O) groups is 1. The summed E-state index contributed by atoms with van der Waals surface area (Å²) in [5.74, 6) is -1.77. The van der Waals surface area contributed by atoms with E-state index in [0.717, 1.165) is 24.1 Å². The molecule has 1 saturated carbocycles. The third-order valence-electron chi connectivity index (χ3n) is 5.80. The second-order valence-corrected chi connectivity index (χ2v) is 8.32. The summed E-state index contributed by atoms with van der Waals surface area (Å²) in [6, 6.07) is 8.89. The van der Waals surface area contributed by atoms with E-state index in [2.05, 4.69) is 22.2 Å². The van der Waals surface area contributed by atoms with Crippen LogP contribution in [0.25, 0.3) is 5.57 Å². The Morgan fingerprint density at radius 3 is 2.38 bits per heavy atom. The molecule has 0 aromatic heterocycles. The summed E-state index contributed by atoms with van der Waals surface area (Å²) < 4.78 is 28.0. The van der Waals surface area contributed by atoms with Gasteiger partial charge in [-0.15, -0.1) is 0 Å². The molecule has 1 aliphatic rings. The van der Waals surface area contributed by atoms with E-state index in [1.165, 1.54) is 19.5 Å². The Kier molecular flexibility index (Phi) is 7.23. The standard InChI is InChI=1S/C26H29F2N3O/c1-15-9-11-22(25(28)24(15)27)17(3)14-29-18(4)19(5)30-21-10-12-23(16(2)13-21)26(32)31-20-7-6-8-20/h9-14,20,30H,5-8H2,1-4H3,(H,31,32)/b17-14+,29-18?. The molecule has 0 saturated heterocycles. The number of nitrogens with one attached hydrogen (secondary N) is 2. The Morgan fingerprint density at radius 2 is 1.75 bits per heavy atom. The van der Waals surface area contributed by atoms with Crippen LogP contribution < -0.4 is 10.6 Å². The summed E-state index contributed by atoms with van der Waals surface area (Å²) in [6.07, 6.45) is 4.75. The molecule has 0 atom stereocenters. The van der Waals surface area contributed by atoms with E-state index in [-0.39, 0.29) is 17.0 Å². The molecular weight excluding hydrogens is 408 g/mol. The SMILES string of the molecule is C=C(Nc1ccc(C(=O)NC2CCC2)c(C)c1)C(C)=N/C=C(\C)c1ccc(C)c(F)c1F. The molecule has 32 heavy (non-hydrogen) atoms. The monoisotopic (exact) mass is 437 g/mol. The van der Waals surface area contributed by atoms with Crippen LogP contribution in [-0.2, 0) is 0 Å². The van der Waals surface area contributed by atoms with Gasteiger partial charge >= 0.3 is 0 Å². The van der Waals surface area contributed by atoms with Gasteiger partial charge in [-0.05, 0) is 81.9 Å². The van der Waals surface area contributed by atoms with E-state index in [1.807, 2.05) is 19.1 Å². The first-order valence-corrected chi connectivity index (χ1v) is 10.7. The Labute approximate surface area is 188 Å². The van der Waals surface area contributed by atoms with Gasteiger partial charge in [0.05, 0.1) is 11.4 Å². The van der Waals surface area contributed by atoms with Gasteiger partial charge in [0.2, 0.25) is 0 Å². The number of rotatable bonds is 7. The Balaban J connectivity index is 1.67. The van der Waals surface area contributed by atoms with Crippen LogP contribution in [-0.4, -0.2) is 17.7 Å². The maximum Gasteiger partial charge on any atom is 0.251 e. The molecule has 2 aromatic carbocycles. The van der Waals surface area contributed by atoms with Crippen LogP contribution in [0.1, 0.15) is 60.2 Å². The van der Waals surface area contributed by atoms with Gasteiger partial charge < -0.3 is 10.6 Å². The number of aryl methyl sites for hydroxylation is 2. The van der Waals surface area contributed by atoms with E-state index in [4.69, 9.17) is 0 Å². The van der Waals surface area contributed by atoms with E-state index in [9.17, 15) is 13.6 Å². The van der Waals surface area contributed by atoms with Crippen molar-refractivity contribution in [3.8, 4) is 0 Å². The number of nitrogens with zero attached hydrogens (tertiary/aromatic N) is 1. The summed E-state index contributed by atoms with van der Waals surface area (Å²) in [6.45, 7) is 10.9. The minimum absolute atomic E-state index is 0.0456. The number of anilines is 1. The van der Waals surface area contributed by atoms with Gasteiger partial charge in [0.25, 0.3) is 5.91 Å². The van der Waals surface area contributed by atoms with Crippen molar-refractivity contribution in [2.45, 2.75) is 53.0 Å². The lowest BCUT2D eigenvalue weighted by Gasteiger charge is -2.26. The van der Waals surface area contributed by atoms with Crippen molar-refractivity contribution in [1.82, 2.24) is 5.32 Å². The third kappa shape index (κ3) is 5.31. The molecule has 2 N–H and O–H groups in total. The molecule has 6 heteroatoms. The van der Waals surface area contributed by atoms with Crippen LogP contribution in [0.4, 0.5) is 14.5 Å². The number of aliphatic imine (C=N–C) groups is 1. The molecule has 0 aliphatic heterocycles. The second-order valence-electron chi connectivity index (χ2n) is 8.32. The summed E-state index contributed by atoms with van der Waals surface area (Å²) in [5.41, 5.74) is 4.41. The van der Waals surface area contributed by atoms with Crippen LogP contribution in [0.5, 0.6) is 0 Å². The van der Waals surface area contributed by atoms with Crippen molar-refractivity contribution < 1.29 is 13.6 Å². The van der Waals surface area contributed by atoms with Crippen molar-refractivity contribution in [3.63, 3.8) is 0 Å². The average molecular weight is 438 g/mol. The molecule has 0 radical (unpaired) electrons. The summed E-state index contributed by atoms with van der Waals surface area (Å²) in [4.78, 5) is 16.8. The minimum atomic E-state index is -0.875. The van der Waals surface area contributed by atoms with Crippen LogP contribution in [0.3, 0.4) is 0 Å². The Bertz CT molecular complexity index is 1110. The summed E-state index contributed by atoms with van der Waals surface area (Å²) in [7, 11) is 0. The van der Waals surface area contributed by atoms with Crippen molar-refractivity contribution in [2.75, 3.05) is 5.32 Å². The predicted octanol–water partition coefficient (Wildman–Crippen LogP) is 6.31. The average Bonchev–Trinajstić information content (AvgIpc) is 2.72. The number of hydrogen-bond donors (Lipinski definition) is 2. The molecule has 0 heterocycles. The van der Waals surface area contributed by atoms with Crippen LogP contribution >= 0.6 is 0 Å². The molecule has 1 aliphatic carbocycles. The van der Waals surface area contributed by atoms with Crippen LogP contribution in [0.15, 0.2) is 53.8 Å². The molecular formula is C26H29F2N3O. The number of halogens is 2. The number of benzene rings is 2. The van der Waals surface area contributed by atoms with E-state index in [0.29, 0.717) is 28.6 Å². The molecule has 3 rings (SSSR count). The van der Waals surface area contributed by atoms with Crippen molar-refractivity contribution in [3.05, 3.63) is 82.7 Å². The third-order valence-corrected chi connectivity index (χ3v) is 5.80. The van der Waals surface area contributed by atoms with Crippen molar-refractivity contribution in [2.24, 2.45) is 4.99 Å². The summed E-state index contributed by atoms with van der Waals surface area (Å²) in [5, 5.41) is 6.23. The summed E-state index contributed by atoms with van der Waals surface area (Å²) >= 11 is 0. The fraction of sp³-hybridized carbons (Fsp3) is 0.308. The van der Waals surface area contributed by atoms with Gasteiger partial charge in [-0.3, -0.25) is 9.79 Å². The second kappa shape index (κ2) is 9.90. The quantitative estimate of drug-likeness (QED) is 0.499. The van der Waals surface area contributed by atoms with Gasteiger partial charge in [0.15, 0.2) is 11.6 Å².